The fourth-order valence-corrected chi connectivity index (χ4v) is 19.8. The van der Waals surface area contributed by atoms with Crippen LogP contribution in [0, 0.1) is 23.3 Å². The van der Waals surface area contributed by atoms with Crippen LogP contribution in [0.2, 0.25) is 20.1 Å². The Hall–Kier alpha value is -13.8. The summed E-state index contributed by atoms with van der Waals surface area (Å²) in [6.45, 7) is -1.97. The molecule has 61 heteroatoms. The summed E-state index contributed by atoms with van der Waals surface area (Å²) in [6.07, 6.45) is -16.9. The molecule has 0 bridgehead atoms. The fraction of sp³-hybridized carbons (Fsp3) is 0.149. The number of aliphatic hydroxyl groups excluding tert-OH is 1. The standard InChI is InChI=1S/C22H16ClF4N3O6S.C22H14ClF4N3O6S.C20H10ClF4N3O5S.C14H11BrClF3N2O3S.C8H6FNO3.CH4.ClH/c2*1-35-10-30(37(33,34)13-4-2-3-11(7-13)22(25,26)27)16-8-12(23)9-28-18(16)19(31)17-14(24)5-6-15-20(17)36-21(32)29-15;21-10-7-14(28-34(31,32)11-3-1-2-9(6-11)20(23,24)25)16(26-8-10)17(29)15-12(22)4-5-13-18(15)33-19(30)27-13;1-24-8-21(12-6-10(16)7-20-13(12)15)25(22,23)11-4-2-3-9(5-11)14(17,18)19;1-12-6-4(9)2-3-5-7(6)13-8(11)10-5;;/h2-9,19,31H,10H2,1H3,(H,29,32);2-9H,10H2,1H3,(H,29,32);1-8,28H,(H,27,30);2-7H,8H2,1H3;2-3H,1H3,(H,10,11);1H4;1H. The number of aromatic amines is 4. The maximum atomic E-state index is 14.8. The number of pyridine rings is 4. The van der Waals surface area contributed by atoms with E-state index >= 15 is 0 Å². The molecule has 8 aromatic carbocycles. The third kappa shape index (κ3) is 26.0. The van der Waals surface area contributed by atoms with Crippen molar-refractivity contribution in [2.24, 2.45) is 0 Å². The number of aliphatic hydroxyl groups is 1. The Morgan fingerprint density at radius 3 is 1.15 bits per heavy atom. The molecule has 0 amide bonds. The van der Waals surface area contributed by atoms with Gasteiger partial charge >= 0.3 is 47.7 Å². The molecule has 8 aromatic heterocycles. The molecule has 6 N–H and O–H groups in total. The lowest BCUT2D eigenvalue weighted by Gasteiger charge is -2.27. The number of ether oxygens (including phenoxy) is 4. The van der Waals surface area contributed by atoms with Gasteiger partial charge in [-0.05, 0) is 162 Å². The molecule has 0 aliphatic carbocycles. The van der Waals surface area contributed by atoms with Crippen LogP contribution in [-0.4, -0.2) is 139 Å². The van der Waals surface area contributed by atoms with E-state index in [1.807, 2.05) is 4.72 Å². The van der Waals surface area contributed by atoms with Gasteiger partial charge in [0.2, 0.25) is 17.1 Å². The summed E-state index contributed by atoms with van der Waals surface area (Å²) in [5, 5.41) is 10.9. The maximum Gasteiger partial charge on any atom is 0.417 e. The average Bonchev–Trinajstić information content (AvgIpc) is 1.14. The van der Waals surface area contributed by atoms with Crippen LogP contribution >= 0.6 is 74.7 Å². The monoisotopic (exact) mass is 2330 g/mol. The SMILES string of the molecule is C.COCN(c1cc(Cl)cnc1Br)S(=O)(=O)c1cccc(C(F)(F)F)c1.COCN(c1cc(Cl)cnc1C(=O)c1c(F)ccc2[nH]c(=O)oc12)S(=O)(=O)c1cccc(C(F)(F)F)c1.COCN(c1cc(Cl)cnc1C(O)c1c(F)ccc2[nH]c(=O)oc12)S(=O)(=O)c1cccc(C(F)(F)F)c1.COc1c(F)ccc2[nH]c(=O)oc12.Cl.O=C(c1ncc(Cl)cc1NS(=O)(=O)c1cccc(C(F)(F)F)c1)c1c(F)ccc2[nH]c(=O)oc12. The predicted molar refractivity (Wildman–Crippen MR) is 505 cm³/mol. The summed E-state index contributed by atoms with van der Waals surface area (Å²) in [6, 6.07) is 25.4. The lowest BCUT2D eigenvalue weighted by Crippen LogP contribution is -2.34. The molecule has 1 atom stereocenters. The topological polar surface area (TPSA) is 485 Å². The number of hydrogen-bond donors (Lipinski definition) is 6. The molecule has 16 rings (SSSR count). The summed E-state index contributed by atoms with van der Waals surface area (Å²) < 4.78 is 362. The third-order valence-electron chi connectivity index (χ3n) is 19.6. The number of aromatic nitrogens is 8. The molecule has 148 heavy (non-hydrogen) atoms. The van der Waals surface area contributed by atoms with Crippen molar-refractivity contribution in [2.45, 2.75) is 57.8 Å². The minimum atomic E-state index is -4.84. The first kappa shape index (κ1) is 116. The van der Waals surface area contributed by atoms with E-state index in [1.54, 1.807) is 0 Å². The first-order chi connectivity index (χ1) is 68.3. The number of sulfonamides is 4. The number of hydrogen-bond acceptors (Lipinski definition) is 27. The van der Waals surface area contributed by atoms with Crippen molar-refractivity contribution in [3.63, 3.8) is 0 Å². The van der Waals surface area contributed by atoms with Gasteiger partial charge in [-0.3, -0.25) is 39.2 Å². The number of nitrogens with one attached hydrogen (secondary N) is 5. The van der Waals surface area contributed by atoms with Gasteiger partial charge in [0.05, 0.1) is 125 Å². The number of fused-ring (bicyclic) bond motifs is 4. The Kier molecular flexibility index (Phi) is 36.4. The fourth-order valence-electron chi connectivity index (χ4n) is 13.2. The van der Waals surface area contributed by atoms with Gasteiger partial charge in [0, 0.05) is 46.1 Å². The van der Waals surface area contributed by atoms with Crippen LogP contribution in [0.15, 0.2) is 256 Å². The second-order valence-electron chi connectivity index (χ2n) is 29.1. The molecular weight excluding hydrogens is 2270 g/mol. The lowest BCUT2D eigenvalue weighted by atomic mass is 10.0. The van der Waals surface area contributed by atoms with Gasteiger partial charge < -0.3 is 41.7 Å². The number of alkyl halides is 12. The molecule has 1 unspecified atom stereocenters. The first-order valence-electron chi connectivity index (χ1n) is 39.5. The van der Waals surface area contributed by atoms with E-state index in [9.17, 15) is 138 Å². The van der Waals surface area contributed by atoms with Crippen molar-refractivity contribution in [1.29, 1.82) is 0 Å². The summed E-state index contributed by atoms with van der Waals surface area (Å²) in [5.41, 5.74) is -10.6. The van der Waals surface area contributed by atoms with Gasteiger partial charge in [0.25, 0.3) is 40.1 Å². The van der Waals surface area contributed by atoms with Crippen LogP contribution in [0.5, 0.6) is 5.75 Å². The molecule has 35 nitrogen and oxygen atoms in total. The van der Waals surface area contributed by atoms with Crippen LogP contribution < -0.4 is 45.4 Å². The van der Waals surface area contributed by atoms with E-state index < -0.39 is 253 Å². The molecule has 0 radical (unpaired) electrons. The van der Waals surface area contributed by atoms with Gasteiger partial charge in [-0.15, -0.1) is 12.4 Å². The molecule has 0 spiro atoms. The number of nitrogens with zero attached hydrogens (tertiary/aromatic N) is 7. The molecular formula is C87H62BrCl5F16N12O23S4. The zero-order valence-electron chi connectivity index (χ0n) is 73.2. The number of oxazole rings is 4. The van der Waals surface area contributed by atoms with Gasteiger partial charge in [-0.25, -0.2) is 98.3 Å². The van der Waals surface area contributed by atoms with Crippen molar-refractivity contribution >= 4 is 194 Å². The predicted octanol–water partition coefficient (Wildman–Crippen LogP) is 19.6. The molecule has 0 aliphatic heterocycles. The van der Waals surface area contributed by atoms with Crippen LogP contribution in [0.25, 0.3) is 44.4 Å². The van der Waals surface area contributed by atoms with Gasteiger partial charge in [0.15, 0.2) is 28.3 Å². The molecule has 8 heterocycles. The number of carbonyl (C=O) groups is 2. The van der Waals surface area contributed by atoms with Crippen LogP contribution in [-0.2, 0) is 79.0 Å². The molecule has 0 saturated heterocycles. The van der Waals surface area contributed by atoms with Crippen LogP contribution in [0.1, 0.15) is 79.1 Å². The highest BCUT2D eigenvalue weighted by atomic mass is 79.9. The number of ketones is 2. The number of H-pyrrole nitrogens is 4. The number of halogens is 22. The second-order valence-corrected chi connectivity index (χ2v) is 38.9. The summed E-state index contributed by atoms with van der Waals surface area (Å²) in [7, 11) is -13.8. The van der Waals surface area contributed by atoms with Crippen LogP contribution in [0.3, 0.4) is 0 Å². The Morgan fingerprint density at radius 1 is 0.419 bits per heavy atom. The minimum absolute atomic E-state index is 0. The number of rotatable bonds is 25. The van der Waals surface area contributed by atoms with E-state index in [-0.39, 0.29) is 83.7 Å². The second kappa shape index (κ2) is 46.3. The molecule has 0 fully saturated rings. The number of anilines is 4. The Bertz CT molecular complexity index is 8500. The Morgan fingerprint density at radius 2 is 0.736 bits per heavy atom. The number of carbonyl (C=O) groups excluding carboxylic acids is 2. The maximum absolute atomic E-state index is 14.8. The third-order valence-corrected chi connectivity index (χ3v) is 27.6. The number of methoxy groups -OCH3 is 4. The highest BCUT2D eigenvalue weighted by molar-refractivity contribution is 9.10. The Labute approximate surface area is 853 Å². The Balaban J connectivity index is 0.000000194. The van der Waals surface area contributed by atoms with E-state index in [4.69, 9.17) is 83.0 Å². The smallest absolute Gasteiger partial charge is 0.417 e. The highest BCUT2D eigenvalue weighted by Crippen LogP contribution is 2.43. The van der Waals surface area contributed by atoms with E-state index in [0.29, 0.717) is 56.6 Å². The van der Waals surface area contributed by atoms with Crippen molar-refractivity contribution in [2.75, 3.05) is 66.3 Å². The van der Waals surface area contributed by atoms with E-state index in [2.05, 4.69) is 55.8 Å². The summed E-state index contributed by atoms with van der Waals surface area (Å²) >= 11 is 26.8. The quantitative estimate of drug-likeness (QED) is 0.0134. The molecule has 0 aliphatic rings. The van der Waals surface area contributed by atoms with Gasteiger partial charge in [-0.2, -0.15) is 52.7 Å². The van der Waals surface area contributed by atoms with Gasteiger partial charge in [0.1, 0.15) is 70.9 Å². The zero-order valence-corrected chi connectivity index (χ0v) is 81.9. The summed E-state index contributed by atoms with van der Waals surface area (Å²) in [5.74, 6) is -9.72. The first-order valence-corrected chi connectivity index (χ1v) is 47.6. The average molecular weight is 2330 g/mol. The largest absolute Gasteiger partial charge is 0.490 e. The molecule has 16 aromatic rings. The van der Waals surface area contributed by atoms with Gasteiger partial charge in [-0.1, -0.05) is 78.1 Å². The van der Waals surface area contributed by atoms with E-state index in [0.717, 1.165) is 140 Å². The van der Waals surface area contributed by atoms with E-state index in [1.165, 1.54) is 44.7 Å². The minimum Gasteiger partial charge on any atom is -0.490 e. The van der Waals surface area contributed by atoms with Crippen molar-refractivity contribution in [3.8, 4) is 5.75 Å². The van der Waals surface area contributed by atoms with Crippen molar-refractivity contribution in [1.82, 2.24) is 39.9 Å². The lowest BCUT2D eigenvalue weighted by molar-refractivity contribution is -0.138. The van der Waals surface area contributed by atoms with Crippen molar-refractivity contribution < 1.29 is 155 Å². The van der Waals surface area contributed by atoms with Crippen LogP contribution in [0.4, 0.5) is 93.0 Å². The molecule has 0 saturated carbocycles. The highest BCUT2D eigenvalue weighted by Gasteiger charge is 2.41. The normalized spacial score (nSPS) is 12.1. The number of benzene rings is 8. The molecule has 786 valence electrons. The summed E-state index contributed by atoms with van der Waals surface area (Å²) in [4.78, 5) is 94.0. The zero-order chi connectivity index (χ0) is 107. The van der Waals surface area contributed by atoms with Crippen molar-refractivity contribution in [3.05, 3.63) is 341 Å².